The molecular formula is C22H34N2O3. The van der Waals surface area contributed by atoms with Crippen LogP contribution in [0.1, 0.15) is 64.0 Å². The normalized spacial score (nSPS) is 23.0. The van der Waals surface area contributed by atoms with E-state index in [1.807, 2.05) is 20.8 Å². The van der Waals surface area contributed by atoms with Crippen LogP contribution in [0.15, 0.2) is 18.2 Å². The zero-order valence-corrected chi connectivity index (χ0v) is 17.2. The second-order valence-corrected chi connectivity index (χ2v) is 9.00. The second kappa shape index (κ2) is 8.51. The van der Waals surface area contributed by atoms with Crippen LogP contribution in [-0.4, -0.2) is 36.3 Å². The van der Waals surface area contributed by atoms with Gasteiger partial charge in [0.2, 0.25) is 0 Å². The van der Waals surface area contributed by atoms with Crippen molar-refractivity contribution in [1.29, 1.82) is 0 Å². The summed E-state index contributed by atoms with van der Waals surface area (Å²) in [7, 11) is 1.72. The van der Waals surface area contributed by atoms with Crippen LogP contribution in [0.2, 0.25) is 0 Å². The molecule has 150 valence electrons. The molecule has 0 unspecified atom stereocenters. The fourth-order valence-electron chi connectivity index (χ4n) is 4.16. The minimum Gasteiger partial charge on any atom is -0.497 e. The predicted octanol–water partition coefficient (Wildman–Crippen LogP) is 4.48. The molecule has 0 saturated heterocycles. The summed E-state index contributed by atoms with van der Waals surface area (Å²) in [4.78, 5) is 14.4. The van der Waals surface area contributed by atoms with E-state index in [0.717, 1.165) is 44.1 Å². The van der Waals surface area contributed by atoms with Gasteiger partial charge in [0.15, 0.2) is 0 Å². The Morgan fingerprint density at radius 3 is 2.52 bits per heavy atom. The lowest BCUT2D eigenvalue weighted by molar-refractivity contribution is 0.0486. The molecular weight excluding hydrogens is 340 g/mol. The molecule has 1 N–H and O–H groups in total. The largest absolute Gasteiger partial charge is 0.497 e. The van der Waals surface area contributed by atoms with Gasteiger partial charge >= 0.3 is 6.09 Å². The maximum atomic E-state index is 11.9. The highest BCUT2D eigenvalue weighted by molar-refractivity contribution is 5.68. The Bertz CT molecular complexity index is 645. The first-order valence-corrected chi connectivity index (χ1v) is 10.2. The van der Waals surface area contributed by atoms with E-state index in [2.05, 4.69) is 28.4 Å². The van der Waals surface area contributed by atoms with Crippen LogP contribution in [0, 0.1) is 5.92 Å². The third-order valence-corrected chi connectivity index (χ3v) is 5.62. The Morgan fingerprint density at radius 1 is 1.15 bits per heavy atom. The summed E-state index contributed by atoms with van der Waals surface area (Å²) >= 11 is 0. The number of carbonyl (C=O) groups is 1. The highest BCUT2D eigenvalue weighted by Crippen LogP contribution is 2.30. The van der Waals surface area contributed by atoms with E-state index in [1.165, 1.54) is 30.4 Å². The monoisotopic (exact) mass is 374 g/mol. The van der Waals surface area contributed by atoms with E-state index in [9.17, 15) is 4.79 Å². The smallest absolute Gasteiger partial charge is 0.407 e. The van der Waals surface area contributed by atoms with Crippen molar-refractivity contribution < 1.29 is 14.3 Å². The molecule has 1 aliphatic carbocycles. The second-order valence-electron chi connectivity index (χ2n) is 9.00. The van der Waals surface area contributed by atoms with Crippen molar-refractivity contribution in [3.05, 3.63) is 29.3 Å². The lowest BCUT2D eigenvalue weighted by Gasteiger charge is -2.31. The quantitative estimate of drug-likeness (QED) is 0.825. The average molecular weight is 375 g/mol. The number of methoxy groups -OCH3 is 1. The van der Waals surface area contributed by atoms with Gasteiger partial charge in [-0.05, 0) is 88.6 Å². The SMILES string of the molecule is COc1ccc2c(c1)CN(CCC1CCC(NC(=O)OC(C)(C)C)CC1)C2. The summed E-state index contributed by atoms with van der Waals surface area (Å²) < 4.78 is 10.7. The van der Waals surface area contributed by atoms with Crippen LogP contribution in [0.25, 0.3) is 0 Å². The minimum absolute atomic E-state index is 0.264. The van der Waals surface area contributed by atoms with Gasteiger partial charge in [0.05, 0.1) is 7.11 Å². The number of nitrogens with one attached hydrogen (secondary N) is 1. The zero-order valence-electron chi connectivity index (χ0n) is 17.2. The van der Waals surface area contributed by atoms with Crippen molar-refractivity contribution in [2.45, 2.75) is 77.6 Å². The van der Waals surface area contributed by atoms with Crippen LogP contribution in [0.3, 0.4) is 0 Å². The number of nitrogens with zero attached hydrogens (tertiary/aromatic N) is 1. The van der Waals surface area contributed by atoms with E-state index in [1.54, 1.807) is 7.11 Å². The van der Waals surface area contributed by atoms with Crippen LogP contribution in [0.4, 0.5) is 4.79 Å². The first-order valence-electron chi connectivity index (χ1n) is 10.2. The topological polar surface area (TPSA) is 50.8 Å². The molecule has 0 spiro atoms. The number of benzene rings is 1. The summed E-state index contributed by atoms with van der Waals surface area (Å²) in [5, 5.41) is 3.03. The third-order valence-electron chi connectivity index (χ3n) is 5.62. The number of carbonyl (C=O) groups excluding carboxylic acids is 1. The highest BCUT2D eigenvalue weighted by Gasteiger charge is 2.26. The van der Waals surface area contributed by atoms with Gasteiger partial charge in [-0.3, -0.25) is 4.90 Å². The fourth-order valence-corrected chi connectivity index (χ4v) is 4.16. The van der Waals surface area contributed by atoms with Crippen molar-refractivity contribution in [3.63, 3.8) is 0 Å². The number of ether oxygens (including phenoxy) is 2. The van der Waals surface area contributed by atoms with Crippen LogP contribution in [-0.2, 0) is 17.8 Å². The molecule has 2 aliphatic rings. The van der Waals surface area contributed by atoms with Crippen LogP contribution < -0.4 is 10.1 Å². The molecule has 27 heavy (non-hydrogen) atoms. The van der Waals surface area contributed by atoms with E-state index >= 15 is 0 Å². The van der Waals surface area contributed by atoms with E-state index in [-0.39, 0.29) is 12.1 Å². The molecule has 1 aromatic carbocycles. The number of hydrogen-bond donors (Lipinski definition) is 1. The summed E-state index contributed by atoms with van der Waals surface area (Å²) in [6.45, 7) is 8.92. The molecule has 1 amide bonds. The molecule has 5 heteroatoms. The van der Waals surface area contributed by atoms with Crippen LogP contribution >= 0.6 is 0 Å². The maximum absolute atomic E-state index is 11.9. The molecule has 3 rings (SSSR count). The molecule has 1 heterocycles. The zero-order chi connectivity index (χ0) is 19.4. The van der Waals surface area contributed by atoms with Crippen molar-refractivity contribution in [1.82, 2.24) is 10.2 Å². The average Bonchev–Trinajstić information content (AvgIpc) is 3.01. The van der Waals surface area contributed by atoms with Crippen molar-refractivity contribution in [3.8, 4) is 5.75 Å². The fraction of sp³-hybridized carbons (Fsp3) is 0.682. The van der Waals surface area contributed by atoms with Gasteiger partial charge in [-0.15, -0.1) is 0 Å². The lowest BCUT2D eigenvalue weighted by Crippen LogP contribution is -2.41. The Labute approximate surface area is 163 Å². The summed E-state index contributed by atoms with van der Waals surface area (Å²) in [5.41, 5.74) is 2.40. The highest BCUT2D eigenvalue weighted by atomic mass is 16.6. The van der Waals surface area contributed by atoms with Crippen molar-refractivity contribution in [2.24, 2.45) is 5.92 Å². The number of alkyl carbamates (subject to hydrolysis) is 1. The molecule has 0 aromatic heterocycles. The molecule has 0 atom stereocenters. The summed E-state index contributed by atoms with van der Waals surface area (Å²) in [6.07, 6.45) is 5.45. The first-order chi connectivity index (χ1) is 12.8. The van der Waals surface area contributed by atoms with Gasteiger partial charge < -0.3 is 14.8 Å². The Hall–Kier alpha value is -1.75. The molecule has 1 saturated carbocycles. The molecule has 0 radical (unpaired) electrons. The maximum Gasteiger partial charge on any atom is 0.407 e. The number of rotatable bonds is 5. The van der Waals surface area contributed by atoms with E-state index < -0.39 is 5.60 Å². The lowest BCUT2D eigenvalue weighted by atomic mass is 9.84. The van der Waals surface area contributed by atoms with Gasteiger partial charge in [0, 0.05) is 19.1 Å². The molecule has 1 fully saturated rings. The van der Waals surface area contributed by atoms with E-state index in [4.69, 9.17) is 9.47 Å². The Kier molecular flexibility index (Phi) is 6.30. The third kappa shape index (κ3) is 5.86. The van der Waals surface area contributed by atoms with Gasteiger partial charge in [0.1, 0.15) is 11.4 Å². The standard InChI is InChI=1S/C22H34N2O3/c1-22(2,3)27-21(25)23-19-8-5-16(6-9-19)11-12-24-14-17-7-10-20(26-4)13-18(17)15-24/h7,10,13,16,19H,5-6,8-9,11-12,14-15H2,1-4H3,(H,23,25). The Balaban J connectivity index is 1.36. The first kappa shape index (κ1) is 20.0. The summed E-state index contributed by atoms with van der Waals surface area (Å²) in [6, 6.07) is 6.69. The number of fused-ring (bicyclic) bond motifs is 1. The van der Waals surface area contributed by atoms with Crippen molar-refractivity contribution in [2.75, 3.05) is 13.7 Å². The van der Waals surface area contributed by atoms with Crippen LogP contribution in [0.5, 0.6) is 5.75 Å². The van der Waals surface area contributed by atoms with Gasteiger partial charge in [-0.2, -0.15) is 0 Å². The minimum atomic E-state index is -0.432. The predicted molar refractivity (Wildman–Crippen MR) is 107 cm³/mol. The summed E-state index contributed by atoms with van der Waals surface area (Å²) in [5.74, 6) is 1.71. The molecule has 1 aromatic rings. The van der Waals surface area contributed by atoms with Gasteiger partial charge in [0.25, 0.3) is 0 Å². The molecule has 1 aliphatic heterocycles. The van der Waals surface area contributed by atoms with Gasteiger partial charge in [-0.25, -0.2) is 4.79 Å². The Morgan fingerprint density at radius 2 is 1.85 bits per heavy atom. The number of hydrogen-bond acceptors (Lipinski definition) is 4. The molecule has 5 nitrogen and oxygen atoms in total. The number of amides is 1. The molecule has 0 bridgehead atoms. The van der Waals surface area contributed by atoms with Gasteiger partial charge in [-0.1, -0.05) is 6.07 Å². The van der Waals surface area contributed by atoms with Crippen molar-refractivity contribution >= 4 is 6.09 Å². The van der Waals surface area contributed by atoms with E-state index in [0.29, 0.717) is 0 Å².